The molecule has 2 amide bonds. The third-order valence-corrected chi connectivity index (χ3v) is 5.19. The molecule has 0 saturated carbocycles. The summed E-state index contributed by atoms with van der Waals surface area (Å²) in [6, 6.07) is 5.73. The number of nitrogens with zero attached hydrogens (tertiary/aromatic N) is 3. The van der Waals surface area contributed by atoms with Crippen LogP contribution in [0, 0.1) is 5.92 Å². The fraction of sp³-hybridized carbons (Fsp3) is 0.412. The first-order valence-corrected chi connectivity index (χ1v) is 8.94. The number of aryl methyl sites for hydroxylation is 1. The highest BCUT2D eigenvalue weighted by molar-refractivity contribution is 7.13. The molecule has 1 saturated heterocycles. The van der Waals surface area contributed by atoms with E-state index in [0.29, 0.717) is 38.8 Å². The molecule has 1 aliphatic heterocycles. The van der Waals surface area contributed by atoms with Crippen molar-refractivity contribution in [3.63, 3.8) is 0 Å². The summed E-state index contributed by atoms with van der Waals surface area (Å²) in [4.78, 5) is 34.1. The molecule has 3 rings (SSSR count). The number of hydrogen-bond donors (Lipinski definition) is 1. The Balaban J connectivity index is 1.50. The van der Waals surface area contributed by atoms with Crippen LogP contribution in [0.3, 0.4) is 0 Å². The van der Waals surface area contributed by atoms with Gasteiger partial charge in [0.2, 0.25) is 11.8 Å². The van der Waals surface area contributed by atoms with Crippen LogP contribution in [0.4, 0.5) is 0 Å². The SMILES string of the molecule is NC(=O)C1CCN(C(=O)CCc2csc(-c3ccccn3)n2)CC1. The van der Waals surface area contributed by atoms with Gasteiger partial charge in [-0.3, -0.25) is 14.6 Å². The molecule has 2 N–H and O–H groups in total. The van der Waals surface area contributed by atoms with Gasteiger partial charge in [-0.1, -0.05) is 6.07 Å². The molecular weight excluding hydrogens is 324 g/mol. The summed E-state index contributed by atoms with van der Waals surface area (Å²) in [6.45, 7) is 1.23. The van der Waals surface area contributed by atoms with Gasteiger partial charge < -0.3 is 10.6 Å². The van der Waals surface area contributed by atoms with E-state index in [2.05, 4.69) is 9.97 Å². The smallest absolute Gasteiger partial charge is 0.222 e. The van der Waals surface area contributed by atoms with Gasteiger partial charge in [0.25, 0.3) is 0 Å². The van der Waals surface area contributed by atoms with E-state index in [4.69, 9.17) is 5.73 Å². The van der Waals surface area contributed by atoms with Crippen LogP contribution in [0.5, 0.6) is 0 Å². The third-order valence-electron chi connectivity index (χ3n) is 4.28. The molecule has 0 radical (unpaired) electrons. The van der Waals surface area contributed by atoms with Crippen LogP contribution in [0.1, 0.15) is 25.0 Å². The van der Waals surface area contributed by atoms with Gasteiger partial charge in [-0.15, -0.1) is 11.3 Å². The number of rotatable bonds is 5. The molecule has 0 spiro atoms. The highest BCUT2D eigenvalue weighted by Crippen LogP contribution is 2.22. The van der Waals surface area contributed by atoms with E-state index in [-0.39, 0.29) is 17.7 Å². The second kappa shape index (κ2) is 7.53. The summed E-state index contributed by atoms with van der Waals surface area (Å²) in [5, 5.41) is 2.86. The van der Waals surface area contributed by atoms with Crippen LogP contribution in [0.15, 0.2) is 29.8 Å². The predicted octanol–water partition coefficient (Wildman–Crippen LogP) is 1.86. The Hall–Kier alpha value is -2.28. The van der Waals surface area contributed by atoms with Gasteiger partial charge >= 0.3 is 0 Å². The van der Waals surface area contributed by atoms with Crippen molar-refractivity contribution >= 4 is 23.2 Å². The molecule has 0 bridgehead atoms. The van der Waals surface area contributed by atoms with Crippen molar-refractivity contribution in [2.24, 2.45) is 11.7 Å². The second-order valence-electron chi connectivity index (χ2n) is 5.92. The molecule has 24 heavy (non-hydrogen) atoms. The van der Waals surface area contributed by atoms with Crippen LogP contribution in [0.2, 0.25) is 0 Å². The van der Waals surface area contributed by atoms with E-state index in [1.165, 1.54) is 0 Å². The van der Waals surface area contributed by atoms with Gasteiger partial charge in [-0.25, -0.2) is 4.98 Å². The van der Waals surface area contributed by atoms with Crippen molar-refractivity contribution in [2.45, 2.75) is 25.7 Å². The third kappa shape index (κ3) is 3.97. The lowest BCUT2D eigenvalue weighted by Crippen LogP contribution is -2.41. The Morgan fingerprint density at radius 2 is 2.08 bits per heavy atom. The Morgan fingerprint density at radius 1 is 1.29 bits per heavy atom. The maximum Gasteiger partial charge on any atom is 0.222 e. The van der Waals surface area contributed by atoms with Gasteiger partial charge in [0.15, 0.2) is 0 Å². The molecule has 2 aromatic heterocycles. The lowest BCUT2D eigenvalue weighted by atomic mass is 9.96. The Kier molecular flexibility index (Phi) is 5.20. The Labute approximate surface area is 144 Å². The normalized spacial score (nSPS) is 15.4. The average molecular weight is 344 g/mol. The topological polar surface area (TPSA) is 89.2 Å². The van der Waals surface area contributed by atoms with E-state index in [9.17, 15) is 9.59 Å². The first-order chi connectivity index (χ1) is 11.6. The zero-order chi connectivity index (χ0) is 16.9. The Morgan fingerprint density at radius 3 is 2.75 bits per heavy atom. The monoisotopic (exact) mass is 344 g/mol. The molecule has 0 unspecified atom stereocenters. The lowest BCUT2D eigenvalue weighted by Gasteiger charge is -2.30. The molecule has 126 valence electrons. The highest BCUT2D eigenvalue weighted by Gasteiger charge is 2.25. The molecule has 6 nitrogen and oxygen atoms in total. The number of primary amides is 1. The number of thiazole rings is 1. The van der Waals surface area contributed by atoms with Gasteiger partial charge in [0.05, 0.1) is 11.4 Å². The van der Waals surface area contributed by atoms with Crippen molar-refractivity contribution in [3.05, 3.63) is 35.5 Å². The first-order valence-electron chi connectivity index (χ1n) is 8.06. The van der Waals surface area contributed by atoms with Gasteiger partial charge in [-0.05, 0) is 31.4 Å². The number of hydrogen-bond acceptors (Lipinski definition) is 5. The number of aromatic nitrogens is 2. The Bertz CT molecular complexity index is 708. The molecule has 3 heterocycles. The zero-order valence-electron chi connectivity index (χ0n) is 13.4. The lowest BCUT2D eigenvalue weighted by molar-refractivity contribution is -0.134. The molecule has 1 aliphatic rings. The van der Waals surface area contributed by atoms with Crippen LogP contribution in [-0.4, -0.2) is 39.8 Å². The quantitative estimate of drug-likeness (QED) is 0.896. The summed E-state index contributed by atoms with van der Waals surface area (Å²) in [7, 11) is 0. The molecule has 2 aromatic rings. The number of nitrogens with two attached hydrogens (primary N) is 1. The fourth-order valence-electron chi connectivity index (χ4n) is 2.84. The van der Waals surface area contributed by atoms with Gasteiger partial charge in [0.1, 0.15) is 5.01 Å². The molecule has 0 aliphatic carbocycles. The molecular formula is C17H20N4O2S. The van der Waals surface area contributed by atoms with Crippen molar-refractivity contribution in [1.29, 1.82) is 0 Å². The minimum atomic E-state index is -0.258. The minimum Gasteiger partial charge on any atom is -0.369 e. The van der Waals surface area contributed by atoms with Crippen molar-refractivity contribution in [1.82, 2.24) is 14.9 Å². The van der Waals surface area contributed by atoms with Crippen LogP contribution in [0.25, 0.3) is 10.7 Å². The number of piperidine rings is 1. The molecule has 0 aromatic carbocycles. The number of carbonyl (C=O) groups excluding carboxylic acids is 2. The minimum absolute atomic E-state index is 0.0893. The van der Waals surface area contributed by atoms with Gasteiger partial charge in [-0.2, -0.15) is 0 Å². The summed E-state index contributed by atoms with van der Waals surface area (Å²) in [5.74, 6) is -0.231. The number of likely N-dealkylation sites (tertiary alicyclic amines) is 1. The van der Waals surface area contributed by atoms with Crippen molar-refractivity contribution in [3.8, 4) is 10.7 Å². The van der Waals surface area contributed by atoms with Crippen molar-refractivity contribution < 1.29 is 9.59 Å². The molecule has 0 atom stereocenters. The standard InChI is InChI=1S/C17H20N4O2S/c18-16(23)12-6-9-21(10-7-12)15(22)5-4-13-11-24-17(20-13)14-3-1-2-8-19-14/h1-3,8,11-12H,4-7,9-10H2,(H2,18,23). The van der Waals surface area contributed by atoms with Crippen LogP contribution >= 0.6 is 11.3 Å². The van der Waals surface area contributed by atoms with Crippen LogP contribution < -0.4 is 5.73 Å². The van der Waals surface area contributed by atoms with E-state index < -0.39 is 0 Å². The first kappa shape index (κ1) is 16.6. The van der Waals surface area contributed by atoms with E-state index in [1.807, 2.05) is 28.5 Å². The fourth-order valence-corrected chi connectivity index (χ4v) is 3.66. The summed E-state index contributed by atoms with van der Waals surface area (Å²) >= 11 is 1.54. The predicted molar refractivity (Wildman–Crippen MR) is 92.2 cm³/mol. The summed E-state index contributed by atoms with van der Waals surface area (Å²) in [6.07, 6.45) is 4.14. The largest absolute Gasteiger partial charge is 0.369 e. The van der Waals surface area contributed by atoms with Crippen molar-refractivity contribution in [2.75, 3.05) is 13.1 Å². The zero-order valence-corrected chi connectivity index (χ0v) is 14.2. The highest BCUT2D eigenvalue weighted by atomic mass is 32.1. The van der Waals surface area contributed by atoms with E-state index in [1.54, 1.807) is 17.5 Å². The second-order valence-corrected chi connectivity index (χ2v) is 6.77. The number of pyridine rings is 1. The van der Waals surface area contributed by atoms with E-state index >= 15 is 0 Å². The maximum absolute atomic E-state index is 12.3. The number of carbonyl (C=O) groups is 2. The molecule has 1 fully saturated rings. The number of amides is 2. The van der Waals surface area contributed by atoms with E-state index in [0.717, 1.165) is 16.4 Å². The maximum atomic E-state index is 12.3. The summed E-state index contributed by atoms with van der Waals surface area (Å²) in [5.41, 5.74) is 7.09. The summed E-state index contributed by atoms with van der Waals surface area (Å²) < 4.78 is 0. The average Bonchev–Trinajstić information content (AvgIpc) is 3.09. The molecule has 7 heteroatoms. The van der Waals surface area contributed by atoms with Gasteiger partial charge in [0, 0.05) is 37.0 Å². The van der Waals surface area contributed by atoms with Crippen LogP contribution in [-0.2, 0) is 16.0 Å².